The summed E-state index contributed by atoms with van der Waals surface area (Å²) >= 11 is 3.35. The van der Waals surface area contributed by atoms with E-state index in [0.717, 1.165) is 30.2 Å². The van der Waals surface area contributed by atoms with Crippen molar-refractivity contribution in [1.29, 1.82) is 0 Å². The maximum absolute atomic E-state index is 12.8. The maximum atomic E-state index is 12.8. The van der Waals surface area contributed by atoms with Gasteiger partial charge in [-0.15, -0.1) is 0 Å². The molecule has 0 unspecified atom stereocenters. The molecular weight excluding hydrogens is 444 g/mol. The molecule has 1 aliphatic rings. The molecule has 3 rings (SSSR count). The molecule has 28 heavy (non-hydrogen) atoms. The van der Waals surface area contributed by atoms with Gasteiger partial charge in [-0.1, -0.05) is 28.8 Å². The third-order valence-electron chi connectivity index (χ3n) is 4.72. The quantitative estimate of drug-likeness (QED) is 0.713. The number of carbonyl (C=O) groups is 1. The molecule has 2 aromatic rings. The first-order valence-electron chi connectivity index (χ1n) is 9.17. The Labute approximate surface area is 174 Å². The molecule has 0 radical (unpaired) electrons. The van der Waals surface area contributed by atoms with Crippen LogP contribution in [0.15, 0.2) is 51.8 Å². The molecule has 0 spiro atoms. The van der Waals surface area contributed by atoms with Crippen LogP contribution in [0.5, 0.6) is 5.75 Å². The van der Waals surface area contributed by atoms with Crippen LogP contribution in [0.3, 0.4) is 0 Å². The van der Waals surface area contributed by atoms with Gasteiger partial charge in [-0.3, -0.25) is 4.79 Å². The van der Waals surface area contributed by atoms with Gasteiger partial charge in [-0.25, -0.2) is 8.42 Å². The fraction of sp³-hybridized carbons (Fsp3) is 0.350. The lowest BCUT2D eigenvalue weighted by Gasteiger charge is -2.20. The van der Waals surface area contributed by atoms with Crippen LogP contribution in [0.25, 0.3) is 0 Å². The van der Waals surface area contributed by atoms with Crippen molar-refractivity contribution in [2.45, 2.75) is 30.6 Å². The maximum Gasteiger partial charge on any atom is 0.259 e. The number of anilines is 1. The highest BCUT2D eigenvalue weighted by Crippen LogP contribution is 2.25. The lowest BCUT2D eigenvalue weighted by Crippen LogP contribution is -2.31. The zero-order valence-electron chi connectivity index (χ0n) is 15.7. The standard InChI is InChI=1S/C20H23BrN2O4S/c1-27-19-11-6-15(21)14-18(19)20(24)22-16-7-9-17(10-8-16)28(25,26)23-12-4-2-3-5-13-23/h6-11,14H,2-5,12-13H2,1H3,(H,22,24). The van der Waals surface area contributed by atoms with Gasteiger partial charge < -0.3 is 10.1 Å². The lowest BCUT2D eigenvalue weighted by atomic mass is 10.2. The lowest BCUT2D eigenvalue weighted by molar-refractivity contribution is 0.102. The highest BCUT2D eigenvalue weighted by Gasteiger charge is 2.25. The molecule has 1 aliphatic heterocycles. The van der Waals surface area contributed by atoms with E-state index < -0.39 is 10.0 Å². The fourth-order valence-corrected chi connectivity index (χ4v) is 5.08. The van der Waals surface area contributed by atoms with Crippen LogP contribution in [0, 0.1) is 0 Å². The second kappa shape index (κ2) is 9.07. The first-order valence-corrected chi connectivity index (χ1v) is 11.4. The first kappa shape index (κ1) is 20.8. The summed E-state index contributed by atoms with van der Waals surface area (Å²) in [5, 5.41) is 2.78. The molecule has 1 N–H and O–H groups in total. The van der Waals surface area contributed by atoms with Gasteiger partial charge in [0.15, 0.2) is 0 Å². The molecule has 0 aromatic heterocycles. The molecule has 1 fully saturated rings. The Balaban J connectivity index is 1.76. The smallest absolute Gasteiger partial charge is 0.259 e. The van der Waals surface area contributed by atoms with Crippen LogP contribution in [0.1, 0.15) is 36.0 Å². The molecule has 6 nitrogen and oxygen atoms in total. The second-order valence-electron chi connectivity index (χ2n) is 6.64. The van der Waals surface area contributed by atoms with Gasteiger partial charge in [0.05, 0.1) is 17.6 Å². The van der Waals surface area contributed by atoms with E-state index in [1.807, 2.05) is 0 Å². The highest BCUT2D eigenvalue weighted by molar-refractivity contribution is 9.10. The van der Waals surface area contributed by atoms with Crippen molar-refractivity contribution in [2.75, 3.05) is 25.5 Å². The van der Waals surface area contributed by atoms with E-state index >= 15 is 0 Å². The molecule has 1 heterocycles. The summed E-state index contributed by atoms with van der Waals surface area (Å²) in [4.78, 5) is 12.8. The van der Waals surface area contributed by atoms with Gasteiger partial charge in [0.1, 0.15) is 5.75 Å². The van der Waals surface area contributed by atoms with E-state index in [0.29, 0.717) is 30.1 Å². The third-order valence-corrected chi connectivity index (χ3v) is 7.13. The van der Waals surface area contributed by atoms with Crippen molar-refractivity contribution in [3.05, 3.63) is 52.5 Å². The van der Waals surface area contributed by atoms with Crippen LogP contribution in [0.2, 0.25) is 0 Å². The zero-order chi connectivity index (χ0) is 20.1. The first-order chi connectivity index (χ1) is 13.4. The summed E-state index contributed by atoms with van der Waals surface area (Å²) in [5.41, 5.74) is 0.903. The zero-order valence-corrected chi connectivity index (χ0v) is 18.1. The average molecular weight is 467 g/mol. The minimum Gasteiger partial charge on any atom is -0.496 e. The van der Waals surface area contributed by atoms with Crippen LogP contribution in [0.4, 0.5) is 5.69 Å². The minimum atomic E-state index is -3.50. The molecule has 8 heteroatoms. The summed E-state index contributed by atoms with van der Waals surface area (Å²) in [6.45, 7) is 1.12. The number of benzene rings is 2. The van der Waals surface area contributed by atoms with Crippen molar-refractivity contribution in [1.82, 2.24) is 4.31 Å². The number of nitrogens with zero attached hydrogens (tertiary/aromatic N) is 1. The molecule has 150 valence electrons. The highest BCUT2D eigenvalue weighted by atomic mass is 79.9. The summed E-state index contributed by atoms with van der Waals surface area (Å²) in [5.74, 6) is 0.127. The molecule has 2 aromatic carbocycles. The molecule has 1 saturated heterocycles. The van der Waals surface area contributed by atoms with Gasteiger partial charge in [-0.2, -0.15) is 4.31 Å². The Morgan fingerprint density at radius 1 is 1.04 bits per heavy atom. The van der Waals surface area contributed by atoms with E-state index in [1.165, 1.54) is 19.2 Å². The van der Waals surface area contributed by atoms with E-state index in [4.69, 9.17) is 4.74 Å². The number of carbonyl (C=O) groups excluding carboxylic acids is 1. The van der Waals surface area contributed by atoms with Crippen molar-refractivity contribution in [2.24, 2.45) is 0 Å². The van der Waals surface area contributed by atoms with Gasteiger partial charge in [0, 0.05) is 23.2 Å². The van der Waals surface area contributed by atoms with Gasteiger partial charge in [0.25, 0.3) is 5.91 Å². The number of methoxy groups -OCH3 is 1. The molecule has 0 aliphatic carbocycles. The molecular formula is C20H23BrN2O4S. The van der Waals surface area contributed by atoms with Crippen LogP contribution >= 0.6 is 15.9 Å². The largest absolute Gasteiger partial charge is 0.496 e. The Bertz CT molecular complexity index is 937. The van der Waals surface area contributed by atoms with Gasteiger partial charge in [0.2, 0.25) is 10.0 Å². The molecule has 0 bridgehead atoms. The van der Waals surface area contributed by atoms with Gasteiger partial charge in [-0.05, 0) is 55.3 Å². The van der Waals surface area contributed by atoms with Crippen LogP contribution in [-0.2, 0) is 10.0 Å². The van der Waals surface area contributed by atoms with Crippen LogP contribution in [-0.4, -0.2) is 38.8 Å². The van der Waals surface area contributed by atoms with Gasteiger partial charge >= 0.3 is 0 Å². The average Bonchev–Trinajstić information content (AvgIpc) is 2.98. The van der Waals surface area contributed by atoms with Crippen molar-refractivity contribution in [3.63, 3.8) is 0 Å². The predicted molar refractivity (Wildman–Crippen MR) is 112 cm³/mol. The molecule has 1 amide bonds. The summed E-state index contributed by atoms with van der Waals surface area (Å²) in [7, 11) is -2.00. The predicted octanol–water partition coefficient (Wildman–Crippen LogP) is 4.27. The van der Waals surface area contributed by atoms with E-state index in [1.54, 1.807) is 34.6 Å². The number of hydrogen-bond donors (Lipinski definition) is 1. The Morgan fingerprint density at radius 2 is 1.68 bits per heavy atom. The Hall–Kier alpha value is -1.90. The SMILES string of the molecule is COc1ccc(Br)cc1C(=O)Nc1ccc(S(=O)(=O)N2CCCCCC2)cc1. The van der Waals surface area contributed by atoms with Crippen molar-refractivity contribution >= 4 is 37.5 Å². The van der Waals surface area contributed by atoms with E-state index in [-0.39, 0.29) is 10.8 Å². The topological polar surface area (TPSA) is 75.7 Å². The Kier molecular flexibility index (Phi) is 6.74. The number of amides is 1. The molecule has 0 atom stereocenters. The summed E-state index contributed by atoms with van der Waals surface area (Å²) in [6, 6.07) is 11.4. The number of nitrogens with one attached hydrogen (secondary N) is 1. The Morgan fingerprint density at radius 3 is 2.29 bits per heavy atom. The third kappa shape index (κ3) is 4.74. The van der Waals surface area contributed by atoms with Crippen molar-refractivity contribution in [3.8, 4) is 5.75 Å². The van der Waals surface area contributed by atoms with E-state index in [9.17, 15) is 13.2 Å². The summed E-state index contributed by atoms with van der Waals surface area (Å²) in [6.07, 6.45) is 3.91. The summed E-state index contributed by atoms with van der Waals surface area (Å²) < 4.78 is 33.2. The number of rotatable bonds is 5. The second-order valence-corrected chi connectivity index (χ2v) is 9.50. The normalized spacial score (nSPS) is 15.6. The molecule has 0 saturated carbocycles. The van der Waals surface area contributed by atoms with Crippen molar-refractivity contribution < 1.29 is 17.9 Å². The number of hydrogen-bond acceptors (Lipinski definition) is 4. The van der Waals surface area contributed by atoms with E-state index in [2.05, 4.69) is 21.2 Å². The van der Waals surface area contributed by atoms with Crippen LogP contribution < -0.4 is 10.1 Å². The minimum absolute atomic E-state index is 0.243. The number of sulfonamides is 1. The number of halogens is 1. The monoisotopic (exact) mass is 466 g/mol. The number of ether oxygens (including phenoxy) is 1. The fourth-order valence-electron chi connectivity index (χ4n) is 3.20.